The van der Waals surface area contributed by atoms with Crippen molar-refractivity contribution in [1.29, 1.82) is 0 Å². The molecule has 0 aliphatic heterocycles. The zero-order valence-corrected chi connectivity index (χ0v) is 13.5. The highest BCUT2D eigenvalue weighted by atomic mass is 32.1. The van der Waals surface area contributed by atoms with E-state index < -0.39 is 0 Å². The highest BCUT2D eigenvalue weighted by Gasteiger charge is 2.01. The fraction of sp³-hybridized carbons (Fsp3) is 0.176. The standard InChI is InChI=1S/C17H19N3OS/c1-3-21-16-10-8-15(9-11-16)14-6-4-13(5-7-14)12(2)19-20-17(18)22/h4-11H,3H2,1-2H3,(H3,18,20,22)/b19-12+. The molecule has 3 N–H and O–H groups in total. The first kappa shape index (κ1) is 16.0. The van der Waals surface area contributed by atoms with Crippen molar-refractivity contribution in [2.24, 2.45) is 10.8 Å². The van der Waals surface area contributed by atoms with Gasteiger partial charge in [0.25, 0.3) is 0 Å². The summed E-state index contributed by atoms with van der Waals surface area (Å²) in [6.07, 6.45) is 0. The smallest absolute Gasteiger partial charge is 0.184 e. The van der Waals surface area contributed by atoms with Crippen LogP contribution in [0.4, 0.5) is 0 Å². The molecule has 2 aromatic carbocycles. The second-order valence-electron chi connectivity index (χ2n) is 4.71. The van der Waals surface area contributed by atoms with Crippen molar-refractivity contribution < 1.29 is 4.74 Å². The summed E-state index contributed by atoms with van der Waals surface area (Å²) < 4.78 is 5.45. The fourth-order valence-corrected chi connectivity index (χ4v) is 2.06. The molecule has 2 rings (SSSR count). The number of benzene rings is 2. The number of hydrazone groups is 1. The molecular formula is C17H19N3OS. The third kappa shape index (κ3) is 4.30. The SMILES string of the molecule is CCOc1ccc(-c2ccc(/C(C)=N/NC(N)=S)cc2)cc1. The Morgan fingerprint density at radius 2 is 1.64 bits per heavy atom. The number of hydrogen-bond acceptors (Lipinski definition) is 3. The molecule has 0 aliphatic rings. The van der Waals surface area contributed by atoms with Gasteiger partial charge in [0.2, 0.25) is 0 Å². The first-order valence-electron chi connectivity index (χ1n) is 7.03. The molecule has 0 aromatic heterocycles. The lowest BCUT2D eigenvalue weighted by atomic mass is 10.0. The van der Waals surface area contributed by atoms with Crippen molar-refractivity contribution in [3.05, 3.63) is 54.1 Å². The number of thiocarbonyl (C=S) groups is 1. The average Bonchev–Trinajstić information content (AvgIpc) is 2.54. The minimum atomic E-state index is 0.158. The lowest BCUT2D eigenvalue weighted by Crippen LogP contribution is -2.25. The van der Waals surface area contributed by atoms with Crippen molar-refractivity contribution >= 4 is 23.0 Å². The van der Waals surface area contributed by atoms with Crippen LogP contribution in [0.15, 0.2) is 53.6 Å². The van der Waals surface area contributed by atoms with E-state index >= 15 is 0 Å². The van der Waals surface area contributed by atoms with Gasteiger partial charge in [0.15, 0.2) is 5.11 Å². The lowest BCUT2D eigenvalue weighted by molar-refractivity contribution is 0.340. The zero-order chi connectivity index (χ0) is 15.9. The third-order valence-corrected chi connectivity index (χ3v) is 3.23. The predicted molar refractivity (Wildman–Crippen MR) is 95.2 cm³/mol. The van der Waals surface area contributed by atoms with Crippen LogP contribution in [0.5, 0.6) is 5.75 Å². The van der Waals surface area contributed by atoms with E-state index in [9.17, 15) is 0 Å². The minimum Gasteiger partial charge on any atom is -0.494 e. The quantitative estimate of drug-likeness (QED) is 0.505. The van der Waals surface area contributed by atoms with Gasteiger partial charge in [-0.15, -0.1) is 0 Å². The van der Waals surface area contributed by atoms with Crippen LogP contribution in [0.1, 0.15) is 19.4 Å². The maximum atomic E-state index is 5.45. The molecular weight excluding hydrogens is 294 g/mol. The average molecular weight is 313 g/mol. The largest absolute Gasteiger partial charge is 0.494 e. The lowest BCUT2D eigenvalue weighted by Gasteiger charge is -2.07. The van der Waals surface area contributed by atoms with Crippen molar-refractivity contribution in [3.8, 4) is 16.9 Å². The summed E-state index contributed by atoms with van der Waals surface area (Å²) in [6, 6.07) is 16.2. The maximum Gasteiger partial charge on any atom is 0.184 e. The van der Waals surface area contributed by atoms with E-state index in [1.807, 2.05) is 38.1 Å². The van der Waals surface area contributed by atoms with Crippen LogP contribution in [0.2, 0.25) is 0 Å². The monoisotopic (exact) mass is 313 g/mol. The Hall–Kier alpha value is -2.40. The highest BCUT2D eigenvalue weighted by molar-refractivity contribution is 7.80. The summed E-state index contributed by atoms with van der Waals surface area (Å²) in [5.74, 6) is 0.884. The molecule has 0 radical (unpaired) electrons. The molecule has 0 saturated carbocycles. The molecule has 0 spiro atoms. The number of nitrogens with two attached hydrogens (primary N) is 1. The second kappa shape index (κ2) is 7.56. The fourth-order valence-electron chi connectivity index (χ4n) is 2.02. The van der Waals surface area contributed by atoms with E-state index in [1.165, 1.54) is 0 Å². The zero-order valence-electron chi connectivity index (χ0n) is 12.7. The highest BCUT2D eigenvalue weighted by Crippen LogP contribution is 2.23. The Morgan fingerprint density at radius 1 is 1.09 bits per heavy atom. The van der Waals surface area contributed by atoms with Crippen LogP contribution < -0.4 is 15.9 Å². The molecule has 0 saturated heterocycles. The van der Waals surface area contributed by atoms with E-state index in [0.717, 1.165) is 28.2 Å². The molecule has 0 fully saturated rings. The van der Waals surface area contributed by atoms with Gasteiger partial charge in [0.05, 0.1) is 12.3 Å². The first-order valence-corrected chi connectivity index (χ1v) is 7.44. The van der Waals surface area contributed by atoms with Crippen LogP contribution in [-0.2, 0) is 0 Å². The van der Waals surface area contributed by atoms with Gasteiger partial charge in [-0.3, -0.25) is 5.43 Å². The second-order valence-corrected chi connectivity index (χ2v) is 5.15. The van der Waals surface area contributed by atoms with Gasteiger partial charge in [-0.2, -0.15) is 5.10 Å². The van der Waals surface area contributed by atoms with Crippen molar-refractivity contribution in [2.45, 2.75) is 13.8 Å². The molecule has 2 aromatic rings. The number of rotatable bonds is 5. The Balaban J connectivity index is 2.14. The normalized spacial score (nSPS) is 11.1. The Bertz CT molecular complexity index is 663. The van der Waals surface area contributed by atoms with E-state index in [0.29, 0.717) is 6.61 Å². The van der Waals surface area contributed by atoms with E-state index in [2.05, 4.69) is 34.8 Å². The summed E-state index contributed by atoms with van der Waals surface area (Å²) in [7, 11) is 0. The van der Waals surface area contributed by atoms with Crippen molar-refractivity contribution in [3.63, 3.8) is 0 Å². The van der Waals surface area contributed by atoms with Gasteiger partial charge in [0, 0.05) is 0 Å². The molecule has 22 heavy (non-hydrogen) atoms. The molecule has 0 heterocycles. The van der Waals surface area contributed by atoms with Crippen LogP contribution in [0, 0.1) is 0 Å². The summed E-state index contributed by atoms with van der Waals surface area (Å²) in [5, 5.41) is 4.27. The molecule has 4 nitrogen and oxygen atoms in total. The third-order valence-electron chi connectivity index (χ3n) is 3.14. The Morgan fingerprint density at radius 3 is 2.14 bits per heavy atom. The topological polar surface area (TPSA) is 59.6 Å². The van der Waals surface area contributed by atoms with Gasteiger partial charge >= 0.3 is 0 Å². The molecule has 0 aliphatic carbocycles. The van der Waals surface area contributed by atoms with Gasteiger partial charge in [0.1, 0.15) is 5.75 Å². The van der Waals surface area contributed by atoms with Crippen molar-refractivity contribution in [2.75, 3.05) is 6.61 Å². The molecule has 0 atom stereocenters. The number of ether oxygens (including phenoxy) is 1. The molecule has 114 valence electrons. The molecule has 0 amide bonds. The summed E-state index contributed by atoms with van der Waals surface area (Å²) in [4.78, 5) is 0. The van der Waals surface area contributed by atoms with Crippen LogP contribution in [0.25, 0.3) is 11.1 Å². The first-order chi connectivity index (χ1) is 10.6. The van der Waals surface area contributed by atoms with E-state index in [4.69, 9.17) is 22.7 Å². The number of hydrogen-bond donors (Lipinski definition) is 2. The molecule has 0 bridgehead atoms. The molecule has 5 heteroatoms. The van der Waals surface area contributed by atoms with Gasteiger partial charge in [-0.05, 0) is 54.9 Å². The van der Waals surface area contributed by atoms with Crippen LogP contribution >= 0.6 is 12.2 Å². The predicted octanol–water partition coefficient (Wildman–Crippen LogP) is 3.31. The molecule has 0 unspecified atom stereocenters. The summed E-state index contributed by atoms with van der Waals surface area (Å²) in [6.45, 7) is 4.55. The minimum absolute atomic E-state index is 0.158. The Labute approximate surface area is 136 Å². The summed E-state index contributed by atoms with van der Waals surface area (Å²) >= 11 is 4.73. The van der Waals surface area contributed by atoms with E-state index in [-0.39, 0.29) is 5.11 Å². The maximum absolute atomic E-state index is 5.45. The van der Waals surface area contributed by atoms with Gasteiger partial charge in [-0.1, -0.05) is 36.4 Å². The van der Waals surface area contributed by atoms with Gasteiger partial charge in [-0.25, -0.2) is 0 Å². The number of nitrogens with zero attached hydrogens (tertiary/aromatic N) is 1. The van der Waals surface area contributed by atoms with Crippen LogP contribution in [0.3, 0.4) is 0 Å². The summed E-state index contributed by atoms with van der Waals surface area (Å²) in [5.41, 5.74) is 12.1. The van der Waals surface area contributed by atoms with E-state index in [1.54, 1.807) is 0 Å². The van der Waals surface area contributed by atoms with Crippen molar-refractivity contribution in [1.82, 2.24) is 5.43 Å². The number of nitrogens with one attached hydrogen (secondary N) is 1. The van der Waals surface area contributed by atoms with Crippen LogP contribution in [-0.4, -0.2) is 17.4 Å². The Kier molecular flexibility index (Phi) is 5.49. The van der Waals surface area contributed by atoms with Gasteiger partial charge < -0.3 is 10.5 Å².